The van der Waals surface area contributed by atoms with Crippen LogP contribution in [-0.2, 0) is 4.79 Å². The van der Waals surface area contributed by atoms with Gasteiger partial charge in [0.2, 0.25) is 5.91 Å². The third-order valence-electron chi connectivity index (χ3n) is 3.04. The van der Waals surface area contributed by atoms with Crippen LogP contribution in [-0.4, -0.2) is 27.2 Å². The number of halogens is 1. The molecule has 0 spiro atoms. The van der Waals surface area contributed by atoms with E-state index >= 15 is 0 Å². The van der Waals surface area contributed by atoms with Crippen molar-refractivity contribution < 1.29 is 14.7 Å². The summed E-state index contributed by atoms with van der Waals surface area (Å²) in [7, 11) is 0. The summed E-state index contributed by atoms with van der Waals surface area (Å²) in [5, 5.41) is 12.4. The predicted molar refractivity (Wildman–Crippen MR) is 91.2 cm³/mol. The zero-order chi connectivity index (χ0) is 16.8. The van der Waals surface area contributed by atoms with Gasteiger partial charge in [0.25, 0.3) is 0 Å². The highest BCUT2D eigenvalue weighted by molar-refractivity contribution is 8.00. The second-order valence-corrected chi connectivity index (χ2v) is 6.30. The molecule has 0 saturated carbocycles. The Morgan fingerprint density at radius 3 is 2.74 bits per heavy atom. The van der Waals surface area contributed by atoms with Crippen molar-refractivity contribution in [2.75, 3.05) is 5.32 Å². The molecule has 1 unspecified atom stereocenters. The number of hydrogen-bond donors (Lipinski definition) is 2. The Morgan fingerprint density at radius 1 is 1.35 bits per heavy atom. The van der Waals surface area contributed by atoms with Crippen molar-refractivity contribution in [3.05, 3.63) is 53.2 Å². The van der Waals surface area contributed by atoms with Crippen molar-refractivity contribution in [2.45, 2.75) is 23.6 Å². The number of carbonyl (C=O) groups excluding carboxylic acids is 1. The van der Waals surface area contributed by atoms with E-state index in [1.54, 1.807) is 6.20 Å². The summed E-state index contributed by atoms with van der Waals surface area (Å²) in [6.07, 6.45) is 2.27. The van der Waals surface area contributed by atoms with Gasteiger partial charge in [0.1, 0.15) is 0 Å². The summed E-state index contributed by atoms with van der Waals surface area (Å²) in [5.74, 6) is -1.32. The average molecular weight is 351 g/mol. The first kappa shape index (κ1) is 17.3. The predicted octanol–water partition coefficient (Wildman–Crippen LogP) is 3.94. The lowest BCUT2D eigenvalue weighted by Crippen LogP contribution is -2.25. The lowest BCUT2D eigenvalue weighted by Gasteiger charge is -2.15. The Balaban J connectivity index is 2.13. The normalized spacial score (nSPS) is 11.7. The van der Waals surface area contributed by atoms with Crippen LogP contribution < -0.4 is 5.32 Å². The van der Waals surface area contributed by atoms with Crippen molar-refractivity contribution >= 4 is 40.9 Å². The third kappa shape index (κ3) is 4.71. The second kappa shape index (κ2) is 7.99. The van der Waals surface area contributed by atoms with E-state index in [0.717, 1.165) is 5.03 Å². The number of benzene rings is 1. The van der Waals surface area contributed by atoms with Gasteiger partial charge >= 0.3 is 5.97 Å². The first-order chi connectivity index (χ1) is 11.0. The highest BCUT2D eigenvalue weighted by atomic mass is 35.5. The number of carboxylic acid groups (broad SMARTS) is 1. The van der Waals surface area contributed by atoms with Gasteiger partial charge in [-0.2, -0.15) is 0 Å². The molecule has 1 amide bonds. The maximum atomic E-state index is 12.4. The van der Waals surface area contributed by atoms with Crippen molar-refractivity contribution in [3.8, 4) is 0 Å². The summed E-state index contributed by atoms with van der Waals surface area (Å²) in [6.45, 7) is 1.90. The van der Waals surface area contributed by atoms with E-state index in [2.05, 4.69) is 10.3 Å². The molecule has 120 valence electrons. The largest absolute Gasteiger partial charge is 0.478 e. The molecule has 5 nitrogen and oxygen atoms in total. The minimum absolute atomic E-state index is 0.0649. The minimum atomic E-state index is -1.08. The molecule has 7 heteroatoms. The fourth-order valence-electron chi connectivity index (χ4n) is 1.85. The van der Waals surface area contributed by atoms with Gasteiger partial charge in [-0.15, -0.1) is 0 Å². The van der Waals surface area contributed by atoms with Gasteiger partial charge in [0, 0.05) is 6.20 Å². The Kier molecular flexibility index (Phi) is 6.01. The Bertz CT molecular complexity index is 710. The highest BCUT2D eigenvalue weighted by Gasteiger charge is 2.20. The van der Waals surface area contributed by atoms with E-state index < -0.39 is 5.97 Å². The first-order valence-electron chi connectivity index (χ1n) is 6.92. The molecule has 0 aliphatic carbocycles. The number of rotatable bonds is 6. The molecule has 1 heterocycles. The summed E-state index contributed by atoms with van der Waals surface area (Å²) in [4.78, 5) is 27.6. The maximum Gasteiger partial charge on any atom is 0.335 e. The molecule has 0 aliphatic rings. The van der Waals surface area contributed by atoms with Gasteiger partial charge in [-0.05, 0) is 36.8 Å². The molecular weight excluding hydrogens is 336 g/mol. The second-order valence-electron chi connectivity index (χ2n) is 4.67. The van der Waals surface area contributed by atoms with Crippen LogP contribution in [0, 0.1) is 0 Å². The molecule has 2 N–H and O–H groups in total. The zero-order valence-electron chi connectivity index (χ0n) is 12.3. The van der Waals surface area contributed by atoms with Crippen LogP contribution in [0.15, 0.2) is 47.6 Å². The lowest BCUT2D eigenvalue weighted by atomic mass is 10.2. The number of aromatic carboxylic acids is 1. The molecule has 1 aromatic heterocycles. The molecule has 0 fully saturated rings. The van der Waals surface area contributed by atoms with Gasteiger partial charge in [-0.25, -0.2) is 9.78 Å². The van der Waals surface area contributed by atoms with E-state index in [-0.39, 0.29) is 22.4 Å². The fourth-order valence-corrected chi connectivity index (χ4v) is 2.92. The molecule has 23 heavy (non-hydrogen) atoms. The van der Waals surface area contributed by atoms with E-state index in [4.69, 9.17) is 16.7 Å². The van der Waals surface area contributed by atoms with Crippen LogP contribution in [0.25, 0.3) is 0 Å². The molecule has 1 atom stereocenters. The van der Waals surface area contributed by atoms with Crippen LogP contribution in [0.4, 0.5) is 5.69 Å². The van der Waals surface area contributed by atoms with Crippen molar-refractivity contribution in [2.24, 2.45) is 0 Å². The molecule has 0 saturated heterocycles. The molecule has 2 aromatic rings. The summed E-state index contributed by atoms with van der Waals surface area (Å²) < 4.78 is 0. The van der Waals surface area contributed by atoms with E-state index in [0.29, 0.717) is 11.4 Å². The number of anilines is 1. The molecule has 1 aromatic carbocycles. The van der Waals surface area contributed by atoms with Gasteiger partial charge < -0.3 is 10.4 Å². The van der Waals surface area contributed by atoms with Crippen LogP contribution in [0.1, 0.15) is 23.7 Å². The van der Waals surface area contributed by atoms with Crippen LogP contribution in [0.5, 0.6) is 0 Å². The number of nitrogens with one attached hydrogen (secondary N) is 1. The minimum Gasteiger partial charge on any atom is -0.478 e. The molecule has 0 aliphatic heterocycles. The number of carboxylic acids is 1. The van der Waals surface area contributed by atoms with E-state index in [1.807, 2.05) is 25.1 Å². The highest BCUT2D eigenvalue weighted by Crippen LogP contribution is 2.27. The van der Waals surface area contributed by atoms with Crippen LogP contribution in [0.2, 0.25) is 5.02 Å². The summed E-state index contributed by atoms with van der Waals surface area (Å²) in [6, 6.07) is 9.68. The van der Waals surface area contributed by atoms with Gasteiger partial charge in [0.15, 0.2) is 0 Å². The smallest absolute Gasteiger partial charge is 0.335 e. The number of aromatic nitrogens is 1. The lowest BCUT2D eigenvalue weighted by molar-refractivity contribution is -0.115. The molecular formula is C16H15ClN2O3S. The molecule has 0 radical (unpaired) electrons. The topological polar surface area (TPSA) is 79.3 Å². The number of hydrogen-bond acceptors (Lipinski definition) is 4. The summed E-state index contributed by atoms with van der Waals surface area (Å²) in [5.41, 5.74) is 0.353. The fraction of sp³-hybridized carbons (Fsp3) is 0.188. The van der Waals surface area contributed by atoms with Crippen LogP contribution >= 0.6 is 23.4 Å². The van der Waals surface area contributed by atoms with E-state index in [1.165, 1.54) is 30.0 Å². The first-order valence-corrected chi connectivity index (χ1v) is 8.18. The third-order valence-corrected chi connectivity index (χ3v) is 4.68. The van der Waals surface area contributed by atoms with E-state index in [9.17, 15) is 9.59 Å². The number of pyridine rings is 1. The Labute approximate surface area is 143 Å². The number of carbonyl (C=O) groups is 2. The monoisotopic (exact) mass is 350 g/mol. The van der Waals surface area contributed by atoms with Crippen molar-refractivity contribution in [1.82, 2.24) is 4.98 Å². The Morgan fingerprint density at radius 2 is 2.13 bits per heavy atom. The van der Waals surface area contributed by atoms with Gasteiger partial charge in [-0.1, -0.05) is 36.4 Å². The number of amides is 1. The summed E-state index contributed by atoms with van der Waals surface area (Å²) >= 11 is 7.38. The molecule has 0 bridgehead atoms. The zero-order valence-corrected chi connectivity index (χ0v) is 13.9. The quantitative estimate of drug-likeness (QED) is 0.771. The number of nitrogens with zero attached hydrogens (tertiary/aromatic N) is 1. The van der Waals surface area contributed by atoms with Crippen molar-refractivity contribution in [3.63, 3.8) is 0 Å². The number of thioether (sulfide) groups is 1. The van der Waals surface area contributed by atoms with Gasteiger partial charge in [0.05, 0.1) is 26.5 Å². The van der Waals surface area contributed by atoms with Gasteiger partial charge in [-0.3, -0.25) is 4.79 Å². The Hall–Kier alpha value is -2.05. The SMILES string of the molecule is CCC(Sc1ccccn1)C(=O)Nc1cc(C(=O)O)ccc1Cl. The molecule has 2 rings (SSSR count). The average Bonchev–Trinajstić information content (AvgIpc) is 2.55. The van der Waals surface area contributed by atoms with Crippen LogP contribution in [0.3, 0.4) is 0 Å². The maximum absolute atomic E-state index is 12.4. The standard InChI is InChI=1S/C16H15ClN2O3S/c1-2-13(23-14-5-3-4-8-18-14)15(20)19-12-9-10(16(21)22)6-7-11(12)17/h3-9,13H,2H2,1H3,(H,19,20)(H,21,22). The van der Waals surface area contributed by atoms with Crippen molar-refractivity contribution in [1.29, 1.82) is 0 Å².